The Hall–Kier alpha value is 0.238. The molecule has 0 aliphatic carbocycles. The molecule has 0 bridgehead atoms. The molecule has 0 aromatic rings. The third-order valence-electron chi connectivity index (χ3n) is 0.348. The summed E-state index contributed by atoms with van der Waals surface area (Å²) in [6, 6.07) is 0. The Morgan fingerprint density at radius 1 is 1.67 bits per heavy atom. The second kappa shape index (κ2) is 1.10. The van der Waals surface area contributed by atoms with Crippen LogP contribution in [0.4, 0.5) is 0 Å². The van der Waals surface area contributed by atoms with Gasteiger partial charge in [-0.15, -0.1) is 0 Å². The van der Waals surface area contributed by atoms with Gasteiger partial charge in [0.25, 0.3) is 0 Å². The van der Waals surface area contributed by atoms with Gasteiger partial charge in [-0.25, -0.2) is 0 Å². The normalized spacial score (nSPS) is 27.5. The van der Waals surface area contributed by atoms with E-state index in [0.717, 1.165) is 0 Å². The summed E-state index contributed by atoms with van der Waals surface area (Å²) in [6.07, 6.45) is 0. The van der Waals surface area contributed by atoms with Crippen molar-refractivity contribution in [2.75, 3.05) is 0 Å². The van der Waals surface area contributed by atoms with Crippen molar-refractivity contribution in [2.45, 2.75) is 4.76 Å². The number of rotatable bonds is 1. The summed E-state index contributed by atoms with van der Waals surface area (Å²) in [7, 11) is 0. The van der Waals surface area contributed by atoms with E-state index in [4.69, 9.17) is 5.11 Å². The zero-order chi connectivity index (χ0) is 4.62. The first-order valence-electron chi connectivity index (χ1n) is 1.20. The van der Waals surface area contributed by atoms with Gasteiger partial charge in [-0.2, -0.15) is 0 Å². The van der Waals surface area contributed by atoms with Crippen molar-refractivity contribution in [3.05, 3.63) is 0 Å². The SMILES string of the molecule is O=[As]C1(O)OO1. The Morgan fingerprint density at radius 3 is 2.17 bits per heavy atom. The summed E-state index contributed by atoms with van der Waals surface area (Å²) in [5.74, 6) is 0. The quantitative estimate of drug-likeness (QED) is 0.285. The molecule has 1 rings (SSSR count). The molecule has 1 N–H and O–H groups in total. The molecule has 34 valence electrons. The van der Waals surface area contributed by atoms with Crippen molar-refractivity contribution in [2.24, 2.45) is 0 Å². The van der Waals surface area contributed by atoms with Crippen LogP contribution in [0.3, 0.4) is 0 Å². The van der Waals surface area contributed by atoms with E-state index in [1.54, 1.807) is 0 Å². The van der Waals surface area contributed by atoms with Crippen molar-refractivity contribution in [3.63, 3.8) is 0 Å². The van der Waals surface area contributed by atoms with Crippen LogP contribution < -0.4 is 0 Å². The van der Waals surface area contributed by atoms with Gasteiger partial charge in [0.15, 0.2) is 0 Å². The summed E-state index contributed by atoms with van der Waals surface area (Å²) in [4.78, 5) is 7.66. The van der Waals surface area contributed by atoms with Crippen molar-refractivity contribution < 1.29 is 18.6 Å². The van der Waals surface area contributed by atoms with Gasteiger partial charge in [-0.05, 0) is 0 Å². The molecular formula is CHAsO4. The zero-order valence-corrected chi connectivity index (χ0v) is 4.50. The standard InChI is InChI=1S/CHAsO4/c3-1(2-4)5-6-1/h3H. The average Bonchev–Trinajstić information content (AvgIpc) is 2.22. The molecule has 5 heteroatoms. The molecule has 0 aromatic carbocycles. The molecular weight excluding hydrogens is 151 g/mol. The van der Waals surface area contributed by atoms with Crippen molar-refractivity contribution in [1.29, 1.82) is 0 Å². The number of hydrogen-bond acceptors (Lipinski definition) is 4. The van der Waals surface area contributed by atoms with Crippen molar-refractivity contribution in [1.82, 2.24) is 0 Å². The van der Waals surface area contributed by atoms with E-state index in [0.29, 0.717) is 0 Å². The van der Waals surface area contributed by atoms with E-state index < -0.39 is 20.5 Å². The van der Waals surface area contributed by atoms with Crippen LogP contribution in [0.5, 0.6) is 0 Å². The van der Waals surface area contributed by atoms with E-state index in [1.165, 1.54) is 0 Å². The topological polar surface area (TPSA) is 62.4 Å². The molecule has 1 aliphatic rings. The first-order chi connectivity index (χ1) is 2.77. The van der Waals surface area contributed by atoms with Crippen LogP contribution >= 0.6 is 0 Å². The predicted octanol–water partition coefficient (Wildman–Crippen LogP) is -1.40. The molecule has 1 heterocycles. The molecule has 0 atom stereocenters. The molecule has 6 heavy (non-hydrogen) atoms. The van der Waals surface area contributed by atoms with Gasteiger partial charge in [-0.1, -0.05) is 0 Å². The van der Waals surface area contributed by atoms with E-state index >= 15 is 0 Å². The third kappa shape index (κ3) is 0.655. The van der Waals surface area contributed by atoms with E-state index in [1.807, 2.05) is 0 Å². The van der Waals surface area contributed by atoms with Crippen LogP contribution in [0, 0.1) is 0 Å². The average molecular weight is 152 g/mol. The van der Waals surface area contributed by atoms with Gasteiger partial charge in [0.05, 0.1) is 0 Å². The summed E-state index contributed by atoms with van der Waals surface area (Å²) in [5.41, 5.74) is 0. The van der Waals surface area contributed by atoms with E-state index in [9.17, 15) is 3.74 Å². The summed E-state index contributed by atoms with van der Waals surface area (Å²) >= 11 is -1.44. The Labute approximate surface area is 39.9 Å². The van der Waals surface area contributed by atoms with Crippen molar-refractivity contribution >= 4 is 15.7 Å². The van der Waals surface area contributed by atoms with Gasteiger partial charge in [0.2, 0.25) is 0 Å². The molecule has 0 saturated carbocycles. The Balaban J connectivity index is 2.47. The van der Waals surface area contributed by atoms with Gasteiger partial charge >= 0.3 is 39.1 Å². The molecule has 4 nitrogen and oxygen atoms in total. The second-order valence-corrected chi connectivity index (χ2v) is 2.38. The fourth-order valence-electron chi connectivity index (χ4n) is 0.0677. The van der Waals surface area contributed by atoms with Gasteiger partial charge in [0, 0.05) is 0 Å². The van der Waals surface area contributed by atoms with E-state index in [2.05, 4.69) is 9.78 Å². The molecule has 1 fully saturated rings. The maximum atomic E-state index is 9.61. The number of aliphatic hydroxyl groups is 1. The monoisotopic (exact) mass is 152 g/mol. The molecule has 0 amide bonds. The fourth-order valence-corrected chi connectivity index (χ4v) is 0.274. The van der Waals surface area contributed by atoms with Crippen LogP contribution in [0.2, 0.25) is 0 Å². The number of hydrogen-bond donors (Lipinski definition) is 1. The van der Waals surface area contributed by atoms with Gasteiger partial charge in [0.1, 0.15) is 0 Å². The second-order valence-electron chi connectivity index (χ2n) is 0.806. The molecule has 0 unspecified atom stereocenters. The van der Waals surface area contributed by atoms with Crippen LogP contribution in [0.25, 0.3) is 0 Å². The molecule has 1 saturated heterocycles. The minimum atomic E-state index is -1.67. The molecule has 0 radical (unpaired) electrons. The van der Waals surface area contributed by atoms with Crippen LogP contribution in [0.15, 0.2) is 0 Å². The van der Waals surface area contributed by atoms with Crippen molar-refractivity contribution in [3.8, 4) is 0 Å². The first-order valence-corrected chi connectivity index (χ1v) is 2.91. The zero-order valence-electron chi connectivity index (χ0n) is 2.62. The molecule has 1 aliphatic heterocycles. The molecule has 0 aromatic heterocycles. The summed E-state index contributed by atoms with van der Waals surface area (Å²) < 4.78 is 7.94. The van der Waals surface area contributed by atoms with Crippen LogP contribution in [0.1, 0.15) is 0 Å². The maximum absolute atomic E-state index is 9.61. The van der Waals surface area contributed by atoms with Crippen LogP contribution in [-0.2, 0) is 13.5 Å². The fraction of sp³-hybridized carbons (Fsp3) is 1.00. The molecule has 0 spiro atoms. The first kappa shape index (κ1) is 4.40. The summed E-state index contributed by atoms with van der Waals surface area (Å²) in [5, 5.41) is 8.22. The van der Waals surface area contributed by atoms with Crippen LogP contribution in [-0.4, -0.2) is 25.6 Å². The Kier molecular flexibility index (Phi) is 0.808. The third-order valence-corrected chi connectivity index (χ3v) is 1.14. The van der Waals surface area contributed by atoms with Gasteiger partial charge < -0.3 is 0 Å². The Bertz CT molecular complexity index is 75.6. The summed E-state index contributed by atoms with van der Waals surface area (Å²) in [6.45, 7) is 0. The Morgan fingerprint density at radius 2 is 2.17 bits per heavy atom. The van der Waals surface area contributed by atoms with Gasteiger partial charge in [-0.3, -0.25) is 0 Å². The van der Waals surface area contributed by atoms with E-state index in [-0.39, 0.29) is 0 Å². The minimum absolute atomic E-state index is 1.44. The predicted molar refractivity (Wildman–Crippen MR) is 13.6 cm³/mol.